The minimum Gasteiger partial charge on any atom is -0.466 e. The summed E-state index contributed by atoms with van der Waals surface area (Å²) in [6, 6.07) is -0.542. The van der Waals surface area contributed by atoms with Crippen LogP contribution in [0.2, 0.25) is 0 Å². The third-order valence-electron chi connectivity index (χ3n) is 18.6. The summed E-state index contributed by atoms with van der Waals surface area (Å²) < 4.78 is 5.49. The lowest BCUT2D eigenvalue weighted by Gasteiger charge is -2.22. The average Bonchev–Trinajstić information content (AvgIpc) is 3.58. The van der Waals surface area contributed by atoms with Crippen LogP contribution >= 0.6 is 0 Å². The van der Waals surface area contributed by atoms with Gasteiger partial charge in [-0.15, -0.1) is 0 Å². The topological polar surface area (TPSA) is 95.9 Å². The molecule has 0 aliphatic rings. The van der Waals surface area contributed by atoms with Crippen LogP contribution in [0.1, 0.15) is 438 Å². The molecule has 1 amide bonds. The van der Waals surface area contributed by atoms with Crippen molar-refractivity contribution in [2.24, 2.45) is 0 Å². The maximum Gasteiger partial charge on any atom is 0.305 e. The Morgan fingerprint density at radius 3 is 0.886 bits per heavy atom. The quantitative estimate of drug-likeness (QED) is 0.0320. The number of carbonyl (C=O) groups excluding carboxylic acids is 2. The van der Waals surface area contributed by atoms with E-state index in [4.69, 9.17) is 4.74 Å². The molecule has 0 spiro atoms. The van der Waals surface area contributed by atoms with Crippen molar-refractivity contribution in [2.75, 3.05) is 13.2 Å². The van der Waals surface area contributed by atoms with Crippen LogP contribution in [-0.4, -0.2) is 47.4 Å². The fourth-order valence-electron chi connectivity index (χ4n) is 12.5. The summed E-state index contributed by atoms with van der Waals surface area (Å²) in [6.45, 7) is 4.96. The number of rotatable bonds is 75. The van der Waals surface area contributed by atoms with E-state index in [2.05, 4.69) is 67.8 Å². The van der Waals surface area contributed by atoms with Crippen molar-refractivity contribution < 1.29 is 24.5 Å². The molecule has 0 saturated carbocycles. The third-order valence-corrected chi connectivity index (χ3v) is 18.6. The van der Waals surface area contributed by atoms with Crippen LogP contribution in [0.15, 0.2) is 48.6 Å². The zero-order valence-corrected chi connectivity index (χ0v) is 59.5. The van der Waals surface area contributed by atoms with E-state index >= 15 is 0 Å². The van der Waals surface area contributed by atoms with Gasteiger partial charge >= 0.3 is 5.97 Å². The first-order valence-corrected chi connectivity index (χ1v) is 39.9. The number of carbonyl (C=O) groups is 2. The third kappa shape index (κ3) is 72.9. The molecule has 518 valence electrons. The van der Waals surface area contributed by atoms with Crippen LogP contribution < -0.4 is 5.32 Å². The Bertz CT molecular complexity index is 1470. The molecule has 0 radical (unpaired) electrons. The van der Waals surface area contributed by atoms with Gasteiger partial charge in [0.2, 0.25) is 5.91 Å². The van der Waals surface area contributed by atoms with Gasteiger partial charge in [-0.2, -0.15) is 0 Å². The van der Waals surface area contributed by atoms with E-state index in [0.29, 0.717) is 25.9 Å². The van der Waals surface area contributed by atoms with Crippen molar-refractivity contribution in [3.63, 3.8) is 0 Å². The molecule has 88 heavy (non-hydrogen) atoms. The zero-order chi connectivity index (χ0) is 63.5. The number of unbranched alkanes of at least 4 members (excludes halogenated alkanes) is 56. The maximum atomic E-state index is 12.6. The molecule has 0 aliphatic carbocycles. The molecule has 0 saturated heterocycles. The van der Waals surface area contributed by atoms with E-state index in [1.54, 1.807) is 0 Å². The Labute approximate surface area is 550 Å². The lowest BCUT2D eigenvalue weighted by atomic mass is 10.0. The first kappa shape index (κ1) is 85.8. The van der Waals surface area contributed by atoms with Gasteiger partial charge in [0.15, 0.2) is 0 Å². The minimum absolute atomic E-state index is 0.000600. The van der Waals surface area contributed by atoms with Crippen LogP contribution in [0.25, 0.3) is 0 Å². The van der Waals surface area contributed by atoms with Crippen molar-refractivity contribution in [2.45, 2.75) is 450 Å². The number of hydrogen-bond acceptors (Lipinski definition) is 5. The number of aliphatic hydroxyl groups is 2. The number of aliphatic hydroxyl groups excluding tert-OH is 2. The first-order valence-electron chi connectivity index (χ1n) is 39.9. The molecular weight excluding hydrogens is 1080 g/mol. The molecule has 0 aromatic heterocycles. The standard InChI is InChI=1S/C82H155NO5/c1-3-5-7-9-11-13-15-17-19-20-21-22-34-37-40-43-47-50-54-58-62-66-70-74-80(85)79(78-84)83-81(86)75-71-67-63-59-55-51-48-44-41-38-35-32-30-28-26-24-23-25-27-29-31-33-36-39-42-45-49-53-57-61-65-69-73-77-88-82(87)76-72-68-64-60-56-52-46-18-16-14-12-10-8-6-4-2/h12,14,18,27,29,33,36,46,79-80,84-85H,3-11,13,15-17,19-26,28,30-32,34-35,37-45,47-78H2,1-2H3,(H,83,86)/b14-12-,29-27-,36-33-,46-18-. The number of nitrogens with one attached hydrogen (secondary N) is 1. The highest BCUT2D eigenvalue weighted by atomic mass is 16.5. The van der Waals surface area contributed by atoms with Gasteiger partial charge in [-0.25, -0.2) is 0 Å². The van der Waals surface area contributed by atoms with E-state index in [1.165, 1.54) is 347 Å². The predicted molar refractivity (Wildman–Crippen MR) is 389 cm³/mol. The summed E-state index contributed by atoms with van der Waals surface area (Å²) in [6.07, 6.45) is 102. The monoisotopic (exact) mass is 1230 g/mol. The second kappa shape index (κ2) is 77.3. The van der Waals surface area contributed by atoms with Crippen molar-refractivity contribution in [3.05, 3.63) is 48.6 Å². The van der Waals surface area contributed by atoms with Crippen molar-refractivity contribution in [1.29, 1.82) is 0 Å². The van der Waals surface area contributed by atoms with Gasteiger partial charge < -0.3 is 20.3 Å². The average molecular weight is 1240 g/mol. The van der Waals surface area contributed by atoms with Gasteiger partial charge in [0, 0.05) is 12.8 Å². The van der Waals surface area contributed by atoms with E-state index < -0.39 is 12.1 Å². The van der Waals surface area contributed by atoms with E-state index in [-0.39, 0.29) is 18.5 Å². The normalized spacial score (nSPS) is 12.7. The Morgan fingerprint density at radius 2 is 0.568 bits per heavy atom. The minimum atomic E-state index is -0.665. The summed E-state index contributed by atoms with van der Waals surface area (Å²) in [5, 5.41) is 23.5. The molecule has 2 atom stereocenters. The first-order chi connectivity index (χ1) is 43.5. The molecule has 0 fully saturated rings. The van der Waals surface area contributed by atoms with Crippen molar-refractivity contribution in [3.8, 4) is 0 Å². The van der Waals surface area contributed by atoms with Crippen LogP contribution in [0.4, 0.5) is 0 Å². The summed E-state index contributed by atoms with van der Waals surface area (Å²) in [5.41, 5.74) is 0. The molecule has 3 N–H and O–H groups in total. The van der Waals surface area contributed by atoms with Gasteiger partial charge in [0.05, 0.1) is 25.4 Å². The number of esters is 1. The molecule has 0 rings (SSSR count). The zero-order valence-electron chi connectivity index (χ0n) is 59.5. The Kier molecular flexibility index (Phi) is 75.4. The van der Waals surface area contributed by atoms with Gasteiger partial charge in [-0.3, -0.25) is 9.59 Å². The largest absolute Gasteiger partial charge is 0.466 e. The van der Waals surface area contributed by atoms with Crippen molar-refractivity contribution >= 4 is 11.9 Å². The smallest absolute Gasteiger partial charge is 0.305 e. The van der Waals surface area contributed by atoms with E-state index in [0.717, 1.165) is 57.8 Å². The summed E-state index contributed by atoms with van der Waals surface area (Å²) >= 11 is 0. The Hall–Kier alpha value is -2.18. The Balaban J connectivity index is 3.39. The molecular formula is C82H155NO5. The highest BCUT2D eigenvalue weighted by Crippen LogP contribution is 2.20. The summed E-state index contributed by atoms with van der Waals surface area (Å²) in [5.74, 6) is -0.0276. The summed E-state index contributed by atoms with van der Waals surface area (Å²) in [7, 11) is 0. The van der Waals surface area contributed by atoms with E-state index in [9.17, 15) is 19.8 Å². The molecule has 2 unspecified atom stereocenters. The van der Waals surface area contributed by atoms with Crippen molar-refractivity contribution in [1.82, 2.24) is 5.32 Å². The van der Waals surface area contributed by atoms with Gasteiger partial charge in [0.1, 0.15) is 0 Å². The number of hydrogen-bond donors (Lipinski definition) is 3. The SMILES string of the molecule is CCCCC/C=C\C/C=C\CCCCCCCC(=O)OCCCCCCCCCCC/C=C\C/C=C\CCCCCCCCCCCCCCCCCCCC(=O)NC(CO)C(O)CCCCCCCCCCCCCCCCCCCCCCCCC. The highest BCUT2D eigenvalue weighted by molar-refractivity contribution is 5.76. The molecule has 0 heterocycles. The molecule has 0 bridgehead atoms. The van der Waals surface area contributed by atoms with Crippen LogP contribution in [0.3, 0.4) is 0 Å². The number of allylic oxidation sites excluding steroid dienone is 8. The molecule has 0 aromatic rings. The van der Waals surface area contributed by atoms with Gasteiger partial charge in [-0.05, 0) is 89.9 Å². The van der Waals surface area contributed by atoms with Crippen LogP contribution in [-0.2, 0) is 14.3 Å². The van der Waals surface area contributed by atoms with Gasteiger partial charge in [-0.1, -0.05) is 383 Å². The lowest BCUT2D eigenvalue weighted by molar-refractivity contribution is -0.143. The van der Waals surface area contributed by atoms with Crippen LogP contribution in [0, 0.1) is 0 Å². The predicted octanol–water partition coefficient (Wildman–Crippen LogP) is 26.4. The second-order valence-corrected chi connectivity index (χ2v) is 27.4. The maximum absolute atomic E-state index is 12.6. The van der Waals surface area contributed by atoms with Gasteiger partial charge in [0.25, 0.3) is 0 Å². The number of amides is 1. The molecule has 0 aliphatic heterocycles. The highest BCUT2D eigenvalue weighted by Gasteiger charge is 2.20. The number of ether oxygens (including phenoxy) is 1. The van der Waals surface area contributed by atoms with E-state index in [1.807, 2.05) is 0 Å². The summed E-state index contributed by atoms with van der Waals surface area (Å²) in [4.78, 5) is 24.6. The Morgan fingerprint density at radius 1 is 0.318 bits per heavy atom. The molecule has 6 heteroatoms. The fourth-order valence-corrected chi connectivity index (χ4v) is 12.5. The fraction of sp³-hybridized carbons (Fsp3) is 0.878. The molecule has 6 nitrogen and oxygen atoms in total. The molecule has 0 aromatic carbocycles. The second-order valence-electron chi connectivity index (χ2n) is 27.4. The van der Waals surface area contributed by atoms with Crippen LogP contribution in [0.5, 0.6) is 0 Å². The lowest BCUT2D eigenvalue weighted by Crippen LogP contribution is -2.45.